The van der Waals surface area contributed by atoms with E-state index in [-0.39, 0.29) is 25.2 Å². The number of rotatable bonds is 0. The van der Waals surface area contributed by atoms with E-state index in [1.807, 2.05) is 0 Å². The van der Waals surface area contributed by atoms with Gasteiger partial charge in [-0.15, -0.1) is 0 Å². The second kappa shape index (κ2) is 2.86. The molecule has 0 bridgehead atoms. The number of hydrogen-bond donors (Lipinski definition) is 0. The van der Waals surface area contributed by atoms with E-state index in [2.05, 4.69) is 0 Å². The van der Waals surface area contributed by atoms with Gasteiger partial charge in [0.05, 0.1) is 0 Å². The van der Waals surface area contributed by atoms with Crippen molar-refractivity contribution in [2.75, 3.05) is 13.3 Å². The molecule has 4 nitrogen and oxygen atoms in total. The first-order valence-corrected chi connectivity index (χ1v) is 3.85. The van der Waals surface area contributed by atoms with E-state index in [9.17, 15) is 9.59 Å². The van der Waals surface area contributed by atoms with E-state index >= 15 is 0 Å². The molecule has 1 heterocycles. The fraction of sp³-hybridized carbons (Fsp3) is 0.750. The van der Waals surface area contributed by atoms with E-state index in [0.717, 1.165) is 4.90 Å². The molecule has 0 atom stereocenters. The molecular weight excluding hydrogens is 158 g/mol. The third-order valence-corrected chi connectivity index (χ3v) is 1.63. The van der Waals surface area contributed by atoms with Crippen molar-refractivity contribution in [3.8, 4) is 0 Å². The van der Waals surface area contributed by atoms with Crippen molar-refractivity contribution in [1.82, 2.24) is 4.90 Å². The summed E-state index contributed by atoms with van der Waals surface area (Å²) < 4.78 is 4.84. The summed E-state index contributed by atoms with van der Waals surface area (Å²) >= 11 is 0. The van der Waals surface area contributed by atoms with E-state index in [1.165, 1.54) is 0 Å². The number of imide groups is 1. The van der Waals surface area contributed by atoms with Gasteiger partial charge in [-0.05, 0) is 0 Å². The minimum absolute atomic E-state index is 0.0296. The Morgan fingerprint density at radius 2 is 2.08 bits per heavy atom. The Balaban J connectivity index is 2.71. The van der Waals surface area contributed by atoms with Crippen molar-refractivity contribution in [2.45, 2.75) is 20.8 Å². The van der Waals surface area contributed by atoms with Crippen LogP contribution >= 0.6 is 0 Å². The van der Waals surface area contributed by atoms with Crippen molar-refractivity contribution < 1.29 is 14.3 Å². The van der Waals surface area contributed by atoms with Gasteiger partial charge in [0, 0.05) is 5.41 Å². The molecule has 1 saturated heterocycles. The first-order valence-electron chi connectivity index (χ1n) is 3.85. The normalized spacial score (nSPS) is 18.6. The second-order valence-corrected chi connectivity index (χ2v) is 3.85. The molecular formula is C8H13NO3. The van der Waals surface area contributed by atoms with Crippen molar-refractivity contribution in [1.29, 1.82) is 0 Å². The maximum atomic E-state index is 11.5. The number of nitrogens with zero attached hydrogens (tertiary/aromatic N) is 1. The third-order valence-electron chi connectivity index (χ3n) is 1.63. The first-order chi connectivity index (χ1) is 5.43. The predicted octanol–water partition coefficient (Wildman–Crippen LogP) is 0.375. The minimum atomic E-state index is -0.511. The number of ether oxygens (including phenoxy) is 1. The van der Waals surface area contributed by atoms with Crippen LogP contribution in [0.2, 0.25) is 0 Å². The summed E-state index contributed by atoms with van der Waals surface area (Å²) in [5, 5.41) is 0. The second-order valence-electron chi connectivity index (χ2n) is 3.85. The van der Waals surface area contributed by atoms with Crippen molar-refractivity contribution >= 4 is 11.8 Å². The van der Waals surface area contributed by atoms with Gasteiger partial charge in [-0.1, -0.05) is 20.8 Å². The lowest BCUT2D eigenvalue weighted by molar-refractivity contribution is -0.147. The average molecular weight is 171 g/mol. The van der Waals surface area contributed by atoms with E-state index in [1.54, 1.807) is 20.8 Å². The van der Waals surface area contributed by atoms with Crippen LogP contribution in [0.25, 0.3) is 0 Å². The lowest BCUT2D eigenvalue weighted by Crippen LogP contribution is -2.40. The summed E-state index contributed by atoms with van der Waals surface area (Å²) in [4.78, 5) is 23.7. The zero-order valence-corrected chi connectivity index (χ0v) is 7.59. The van der Waals surface area contributed by atoms with E-state index < -0.39 is 5.41 Å². The Morgan fingerprint density at radius 3 is 2.42 bits per heavy atom. The highest BCUT2D eigenvalue weighted by Gasteiger charge is 2.34. The molecule has 0 saturated carbocycles. The quantitative estimate of drug-likeness (QED) is 0.529. The highest BCUT2D eigenvalue weighted by molar-refractivity contribution is 5.98. The molecule has 1 aliphatic heterocycles. The molecule has 1 fully saturated rings. The fourth-order valence-corrected chi connectivity index (χ4v) is 0.951. The number of carbonyl (C=O) groups is 2. The maximum absolute atomic E-state index is 11.5. The largest absolute Gasteiger partial charge is 0.351 e. The molecule has 2 amide bonds. The molecule has 1 aliphatic rings. The Bertz CT molecular complexity index is 217. The molecule has 0 unspecified atom stereocenters. The summed E-state index contributed by atoms with van der Waals surface area (Å²) in [6.45, 7) is 5.47. The Hall–Kier alpha value is -0.900. The summed E-state index contributed by atoms with van der Waals surface area (Å²) in [5.41, 5.74) is -0.511. The van der Waals surface area contributed by atoms with Crippen LogP contribution in [0.3, 0.4) is 0 Å². The van der Waals surface area contributed by atoms with Gasteiger partial charge in [-0.2, -0.15) is 0 Å². The molecule has 68 valence electrons. The standard InChI is InChI=1S/C8H13NO3/c1-8(2,3)7(11)9-5-12-4-6(9)10/h4-5H2,1-3H3. The van der Waals surface area contributed by atoms with Crippen LogP contribution in [0, 0.1) is 5.41 Å². The first kappa shape index (κ1) is 9.19. The molecule has 4 heteroatoms. The monoisotopic (exact) mass is 171 g/mol. The smallest absolute Gasteiger partial charge is 0.257 e. The molecule has 0 aromatic heterocycles. The van der Waals surface area contributed by atoms with Crippen LogP contribution in [0.1, 0.15) is 20.8 Å². The zero-order valence-electron chi connectivity index (χ0n) is 7.59. The summed E-state index contributed by atoms with van der Waals surface area (Å²) in [7, 11) is 0. The average Bonchev–Trinajstić information content (AvgIpc) is 2.31. The van der Waals surface area contributed by atoms with Gasteiger partial charge in [-0.3, -0.25) is 14.5 Å². The maximum Gasteiger partial charge on any atom is 0.257 e. The van der Waals surface area contributed by atoms with Crippen LogP contribution in [0.4, 0.5) is 0 Å². The predicted molar refractivity (Wildman–Crippen MR) is 42.1 cm³/mol. The molecule has 0 N–H and O–H groups in total. The Kier molecular flexibility index (Phi) is 2.19. The van der Waals surface area contributed by atoms with Crippen molar-refractivity contribution in [2.24, 2.45) is 5.41 Å². The highest BCUT2D eigenvalue weighted by Crippen LogP contribution is 2.19. The van der Waals surface area contributed by atoms with Gasteiger partial charge >= 0.3 is 0 Å². The van der Waals surface area contributed by atoms with Crippen LogP contribution < -0.4 is 0 Å². The molecule has 0 spiro atoms. The number of hydrogen-bond acceptors (Lipinski definition) is 3. The molecule has 0 aliphatic carbocycles. The lowest BCUT2D eigenvalue weighted by Gasteiger charge is -2.22. The van der Waals surface area contributed by atoms with Gasteiger partial charge in [0.25, 0.3) is 5.91 Å². The number of amides is 2. The highest BCUT2D eigenvalue weighted by atomic mass is 16.5. The topological polar surface area (TPSA) is 46.6 Å². The van der Waals surface area contributed by atoms with Crippen molar-refractivity contribution in [3.63, 3.8) is 0 Å². The lowest BCUT2D eigenvalue weighted by atomic mass is 9.95. The summed E-state index contributed by atoms with van der Waals surface area (Å²) in [6.07, 6.45) is 0. The van der Waals surface area contributed by atoms with Gasteiger partial charge in [0.1, 0.15) is 13.3 Å². The summed E-state index contributed by atoms with van der Waals surface area (Å²) in [5.74, 6) is -0.417. The van der Waals surface area contributed by atoms with E-state index in [4.69, 9.17) is 4.74 Å². The molecule has 0 aromatic carbocycles. The molecule has 0 radical (unpaired) electrons. The van der Waals surface area contributed by atoms with Crippen LogP contribution in [0.5, 0.6) is 0 Å². The Morgan fingerprint density at radius 1 is 1.50 bits per heavy atom. The van der Waals surface area contributed by atoms with Gasteiger partial charge < -0.3 is 4.74 Å². The fourth-order valence-electron chi connectivity index (χ4n) is 0.951. The molecule has 12 heavy (non-hydrogen) atoms. The summed E-state index contributed by atoms with van der Waals surface area (Å²) in [6, 6.07) is 0. The van der Waals surface area contributed by atoms with Gasteiger partial charge in [0.15, 0.2) is 0 Å². The SMILES string of the molecule is CC(C)(C)C(=O)N1COCC1=O. The van der Waals surface area contributed by atoms with Crippen LogP contribution in [-0.2, 0) is 14.3 Å². The van der Waals surface area contributed by atoms with Crippen LogP contribution in [-0.4, -0.2) is 30.1 Å². The number of carbonyl (C=O) groups excluding carboxylic acids is 2. The van der Waals surface area contributed by atoms with E-state index in [0.29, 0.717) is 0 Å². The van der Waals surface area contributed by atoms with Gasteiger partial charge in [-0.25, -0.2) is 0 Å². The van der Waals surface area contributed by atoms with Crippen molar-refractivity contribution in [3.05, 3.63) is 0 Å². The third kappa shape index (κ3) is 1.64. The molecule has 1 rings (SSSR count). The molecule has 0 aromatic rings. The minimum Gasteiger partial charge on any atom is -0.351 e. The zero-order chi connectivity index (χ0) is 9.35. The Labute approximate surface area is 71.5 Å². The van der Waals surface area contributed by atoms with Gasteiger partial charge in [0.2, 0.25) is 5.91 Å². The van der Waals surface area contributed by atoms with Crippen LogP contribution in [0.15, 0.2) is 0 Å².